The SMILES string of the molecule is CCC(CNC(=O)Cc1ccc(F)cc1)N1CCc2ccccc2C1. The Morgan fingerprint density at radius 2 is 1.88 bits per heavy atom. The van der Waals surface area contributed by atoms with Gasteiger partial charge in [0, 0.05) is 25.7 Å². The zero-order chi connectivity index (χ0) is 17.6. The molecule has 1 atom stereocenters. The van der Waals surface area contributed by atoms with Crippen LogP contribution in [0.1, 0.15) is 30.0 Å². The van der Waals surface area contributed by atoms with Crippen molar-refractivity contribution in [2.75, 3.05) is 13.1 Å². The van der Waals surface area contributed by atoms with Gasteiger partial charge in [-0.3, -0.25) is 9.69 Å². The standard InChI is InChI=1S/C21H25FN2O/c1-2-20(24-12-11-17-5-3-4-6-18(17)15-24)14-23-21(25)13-16-7-9-19(22)10-8-16/h3-10,20H,2,11-15H2,1H3,(H,23,25). The number of carbonyl (C=O) groups is 1. The van der Waals surface area contributed by atoms with Gasteiger partial charge in [-0.25, -0.2) is 4.39 Å². The summed E-state index contributed by atoms with van der Waals surface area (Å²) < 4.78 is 12.9. The first-order valence-corrected chi connectivity index (χ1v) is 8.97. The number of amides is 1. The fourth-order valence-electron chi connectivity index (χ4n) is 3.44. The molecule has 3 nitrogen and oxygen atoms in total. The van der Waals surface area contributed by atoms with Gasteiger partial charge >= 0.3 is 0 Å². The van der Waals surface area contributed by atoms with E-state index in [1.165, 1.54) is 23.3 Å². The predicted molar refractivity (Wildman–Crippen MR) is 97.7 cm³/mol. The molecule has 0 radical (unpaired) electrons. The normalized spacial score (nSPS) is 15.4. The van der Waals surface area contributed by atoms with E-state index in [1.54, 1.807) is 12.1 Å². The van der Waals surface area contributed by atoms with Gasteiger partial charge in [-0.15, -0.1) is 0 Å². The van der Waals surface area contributed by atoms with Crippen LogP contribution in [-0.4, -0.2) is 29.9 Å². The van der Waals surface area contributed by atoms with Crippen LogP contribution in [-0.2, 0) is 24.2 Å². The third kappa shape index (κ3) is 4.67. The molecule has 0 aliphatic carbocycles. The van der Waals surface area contributed by atoms with Gasteiger partial charge in [0.15, 0.2) is 0 Å². The molecule has 1 unspecified atom stereocenters. The van der Waals surface area contributed by atoms with Crippen molar-refractivity contribution < 1.29 is 9.18 Å². The van der Waals surface area contributed by atoms with Crippen molar-refractivity contribution in [2.45, 2.75) is 38.8 Å². The second-order valence-electron chi connectivity index (χ2n) is 6.66. The third-order valence-electron chi connectivity index (χ3n) is 4.96. The zero-order valence-electron chi connectivity index (χ0n) is 14.7. The van der Waals surface area contributed by atoms with Crippen molar-refractivity contribution in [3.63, 3.8) is 0 Å². The number of halogens is 1. The van der Waals surface area contributed by atoms with E-state index in [0.717, 1.165) is 31.5 Å². The highest BCUT2D eigenvalue weighted by Gasteiger charge is 2.22. The summed E-state index contributed by atoms with van der Waals surface area (Å²) >= 11 is 0. The summed E-state index contributed by atoms with van der Waals surface area (Å²) in [5.74, 6) is -0.289. The van der Waals surface area contributed by atoms with Crippen LogP contribution in [0.3, 0.4) is 0 Å². The van der Waals surface area contributed by atoms with Gasteiger partial charge in [0.2, 0.25) is 5.91 Å². The summed E-state index contributed by atoms with van der Waals surface area (Å²) in [5, 5.41) is 3.04. The molecule has 1 heterocycles. The molecule has 2 aromatic rings. The number of nitrogens with one attached hydrogen (secondary N) is 1. The molecule has 1 aliphatic rings. The molecular formula is C21H25FN2O. The van der Waals surface area contributed by atoms with Crippen molar-refractivity contribution >= 4 is 5.91 Å². The minimum atomic E-state index is -0.277. The number of hydrogen-bond acceptors (Lipinski definition) is 2. The van der Waals surface area contributed by atoms with Gasteiger partial charge in [0.05, 0.1) is 6.42 Å². The summed E-state index contributed by atoms with van der Waals surface area (Å²) in [6.45, 7) is 4.79. The van der Waals surface area contributed by atoms with Gasteiger partial charge < -0.3 is 5.32 Å². The largest absolute Gasteiger partial charge is 0.354 e. The fourth-order valence-corrected chi connectivity index (χ4v) is 3.44. The van der Waals surface area contributed by atoms with Crippen LogP contribution >= 0.6 is 0 Å². The van der Waals surface area contributed by atoms with Crippen molar-refractivity contribution in [1.82, 2.24) is 10.2 Å². The Morgan fingerprint density at radius 1 is 1.16 bits per heavy atom. The minimum Gasteiger partial charge on any atom is -0.354 e. The van der Waals surface area contributed by atoms with Crippen molar-refractivity contribution in [3.05, 3.63) is 71.0 Å². The molecule has 0 aromatic heterocycles. The Labute approximate surface area is 148 Å². The number of carbonyl (C=O) groups excluding carboxylic acids is 1. The minimum absolute atomic E-state index is 0.0116. The number of hydrogen-bond donors (Lipinski definition) is 1. The van der Waals surface area contributed by atoms with Crippen LogP contribution in [0.15, 0.2) is 48.5 Å². The molecule has 132 valence electrons. The first kappa shape index (κ1) is 17.6. The van der Waals surface area contributed by atoms with Crippen LogP contribution in [0, 0.1) is 5.82 Å². The maximum Gasteiger partial charge on any atom is 0.224 e. The van der Waals surface area contributed by atoms with E-state index >= 15 is 0 Å². The average molecular weight is 340 g/mol. The Bertz CT molecular complexity index is 714. The molecule has 4 heteroatoms. The van der Waals surface area contributed by atoms with E-state index in [-0.39, 0.29) is 11.7 Å². The van der Waals surface area contributed by atoms with Crippen LogP contribution in [0.2, 0.25) is 0 Å². The summed E-state index contributed by atoms with van der Waals surface area (Å²) in [7, 11) is 0. The smallest absolute Gasteiger partial charge is 0.224 e. The van der Waals surface area contributed by atoms with Crippen molar-refractivity contribution in [1.29, 1.82) is 0 Å². The van der Waals surface area contributed by atoms with E-state index in [9.17, 15) is 9.18 Å². The maximum atomic E-state index is 12.9. The highest BCUT2D eigenvalue weighted by atomic mass is 19.1. The van der Waals surface area contributed by atoms with Crippen LogP contribution in [0.5, 0.6) is 0 Å². The number of fused-ring (bicyclic) bond motifs is 1. The molecule has 0 saturated carbocycles. The molecule has 0 fully saturated rings. The third-order valence-corrected chi connectivity index (χ3v) is 4.96. The van der Waals surface area contributed by atoms with E-state index in [4.69, 9.17) is 0 Å². The van der Waals surface area contributed by atoms with Gasteiger partial charge in [0.25, 0.3) is 0 Å². The lowest BCUT2D eigenvalue weighted by Gasteiger charge is -2.35. The molecular weight excluding hydrogens is 315 g/mol. The number of rotatable bonds is 6. The predicted octanol–water partition coefficient (Wildman–Crippen LogP) is 3.32. The highest BCUT2D eigenvalue weighted by Crippen LogP contribution is 2.21. The first-order chi connectivity index (χ1) is 12.2. The van der Waals surface area contributed by atoms with Gasteiger partial charge in [0.1, 0.15) is 5.82 Å². The molecule has 1 amide bonds. The molecule has 0 spiro atoms. The summed E-state index contributed by atoms with van der Waals surface area (Å²) in [4.78, 5) is 14.6. The number of benzene rings is 2. The van der Waals surface area contributed by atoms with E-state index in [1.807, 2.05) is 0 Å². The lowest BCUT2D eigenvalue weighted by molar-refractivity contribution is -0.120. The Hall–Kier alpha value is -2.20. The Balaban J connectivity index is 1.52. The Morgan fingerprint density at radius 3 is 2.60 bits per heavy atom. The monoisotopic (exact) mass is 340 g/mol. The Kier molecular flexibility index (Phi) is 5.82. The summed E-state index contributed by atoms with van der Waals surface area (Å²) in [5.41, 5.74) is 3.66. The molecule has 0 saturated heterocycles. The fraction of sp³-hybridized carbons (Fsp3) is 0.381. The molecule has 25 heavy (non-hydrogen) atoms. The second-order valence-corrected chi connectivity index (χ2v) is 6.66. The molecule has 2 aromatic carbocycles. The summed E-state index contributed by atoms with van der Waals surface area (Å²) in [6.07, 6.45) is 2.36. The lowest BCUT2D eigenvalue weighted by atomic mass is 9.98. The van der Waals surface area contributed by atoms with Crippen LogP contribution in [0.25, 0.3) is 0 Å². The van der Waals surface area contributed by atoms with Gasteiger partial charge in [-0.05, 0) is 41.7 Å². The van der Waals surface area contributed by atoms with Gasteiger partial charge in [-0.1, -0.05) is 43.3 Å². The molecule has 1 aliphatic heterocycles. The topological polar surface area (TPSA) is 32.3 Å². The quantitative estimate of drug-likeness (QED) is 0.875. The lowest BCUT2D eigenvalue weighted by Crippen LogP contribution is -2.46. The van der Waals surface area contributed by atoms with E-state index in [2.05, 4.69) is 41.4 Å². The van der Waals surface area contributed by atoms with Crippen LogP contribution < -0.4 is 5.32 Å². The van der Waals surface area contributed by atoms with E-state index < -0.39 is 0 Å². The number of nitrogens with zero attached hydrogens (tertiary/aromatic N) is 1. The summed E-state index contributed by atoms with van der Waals surface area (Å²) in [6, 6.07) is 15.0. The first-order valence-electron chi connectivity index (χ1n) is 8.97. The van der Waals surface area contributed by atoms with Crippen molar-refractivity contribution in [2.24, 2.45) is 0 Å². The average Bonchev–Trinajstić information content (AvgIpc) is 2.64. The molecule has 3 rings (SSSR count). The van der Waals surface area contributed by atoms with Crippen molar-refractivity contribution in [3.8, 4) is 0 Å². The van der Waals surface area contributed by atoms with E-state index in [0.29, 0.717) is 19.0 Å². The molecule has 1 N–H and O–H groups in total. The maximum absolute atomic E-state index is 12.9. The molecule has 0 bridgehead atoms. The zero-order valence-corrected chi connectivity index (χ0v) is 14.7. The second kappa shape index (κ2) is 8.26. The highest BCUT2D eigenvalue weighted by molar-refractivity contribution is 5.78. The van der Waals surface area contributed by atoms with Crippen LogP contribution in [0.4, 0.5) is 4.39 Å². The van der Waals surface area contributed by atoms with Gasteiger partial charge in [-0.2, -0.15) is 0 Å².